The number of hydrogen-bond donors (Lipinski definition) is 4. The third-order valence-corrected chi connectivity index (χ3v) is 7.27. The highest BCUT2D eigenvalue weighted by Crippen LogP contribution is 2.54. The first-order valence-corrected chi connectivity index (χ1v) is 11.2. The van der Waals surface area contributed by atoms with Crippen LogP contribution in [-0.2, 0) is 31.1 Å². The van der Waals surface area contributed by atoms with Crippen LogP contribution in [0.1, 0.15) is 22.3 Å². The average molecular weight is 466 g/mol. The summed E-state index contributed by atoms with van der Waals surface area (Å²) in [7, 11) is 1.50. The summed E-state index contributed by atoms with van der Waals surface area (Å²) in [6.45, 7) is 4.15. The Hall–Kier alpha value is -3.43. The molecule has 3 heterocycles. The van der Waals surface area contributed by atoms with E-state index in [4.69, 9.17) is 4.74 Å². The average Bonchev–Trinajstić information content (AvgIpc) is 3.35. The van der Waals surface area contributed by atoms with Crippen LogP contribution in [0.5, 0.6) is 11.5 Å². The summed E-state index contributed by atoms with van der Waals surface area (Å²) in [5, 5.41) is 26.0. The summed E-state index contributed by atoms with van der Waals surface area (Å²) in [6, 6.07) is 7.78. The minimum Gasteiger partial charge on any atom is -0.504 e. The minimum atomic E-state index is -1.38. The molecule has 0 radical (unpaired) electrons. The highest BCUT2D eigenvalue weighted by atomic mass is 16.5. The lowest BCUT2D eigenvalue weighted by atomic mass is 9.75. The van der Waals surface area contributed by atoms with Crippen LogP contribution in [0, 0.1) is 25.7 Å². The van der Waals surface area contributed by atoms with Gasteiger partial charge in [-0.25, -0.2) is 0 Å². The number of benzene rings is 2. The number of carbonyl (C=O) groups is 3. The van der Waals surface area contributed by atoms with Gasteiger partial charge < -0.3 is 20.3 Å². The first-order valence-electron chi connectivity index (χ1n) is 11.2. The maximum Gasteiger partial charge on any atom is 0.250 e. The number of nitrogens with zero attached hydrogens (tertiary/aromatic N) is 1. The number of anilines is 1. The van der Waals surface area contributed by atoms with Gasteiger partial charge in [-0.05, 0) is 43.5 Å². The van der Waals surface area contributed by atoms with E-state index in [0.29, 0.717) is 16.8 Å². The van der Waals surface area contributed by atoms with E-state index in [1.807, 2.05) is 26.0 Å². The summed E-state index contributed by atoms with van der Waals surface area (Å²) in [5.74, 6) is -3.27. The normalized spacial score (nSPS) is 27.4. The molecule has 3 amide bonds. The van der Waals surface area contributed by atoms with Gasteiger partial charge in [-0.15, -0.1) is 0 Å². The summed E-state index contributed by atoms with van der Waals surface area (Å²) in [6.07, 6.45) is 0.279. The lowest BCUT2D eigenvalue weighted by Crippen LogP contribution is -2.53. The molecule has 178 valence electrons. The maximum absolute atomic E-state index is 13.6. The van der Waals surface area contributed by atoms with Crippen molar-refractivity contribution in [3.63, 3.8) is 0 Å². The molecule has 4 atom stereocenters. The van der Waals surface area contributed by atoms with Crippen LogP contribution >= 0.6 is 0 Å². The number of methoxy groups -OCH3 is 1. The molecular weight excluding hydrogens is 438 g/mol. The molecule has 3 aliphatic rings. The molecule has 9 heteroatoms. The second kappa shape index (κ2) is 7.82. The van der Waals surface area contributed by atoms with Crippen molar-refractivity contribution in [3.05, 3.63) is 52.6 Å². The number of rotatable bonds is 5. The fourth-order valence-electron chi connectivity index (χ4n) is 5.85. The van der Waals surface area contributed by atoms with E-state index in [1.165, 1.54) is 24.1 Å². The zero-order chi connectivity index (χ0) is 24.4. The predicted octanol–water partition coefficient (Wildman–Crippen LogP) is 1.32. The van der Waals surface area contributed by atoms with Crippen molar-refractivity contribution in [2.45, 2.75) is 31.8 Å². The van der Waals surface area contributed by atoms with Crippen LogP contribution in [0.4, 0.5) is 5.69 Å². The van der Waals surface area contributed by atoms with Gasteiger partial charge in [0.15, 0.2) is 11.5 Å². The quantitative estimate of drug-likeness (QED) is 0.387. The Labute approximate surface area is 196 Å². The van der Waals surface area contributed by atoms with Crippen molar-refractivity contribution in [3.8, 4) is 11.5 Å². The highest BCUT2D eigenvalue weighted by Gasteiger charge is 2.70. The number of aromatic hydroxyl groups is 2. The van der Waals surface area contributed by atoms with Crippen LogP contribution in [-0.4, -0.2) is 59.1 Å². The van der Waals surface area contributed by atoms with E-state index in [0.717, 1.165) is 11.1 Å². The lowest BCUT2D eigenvalue weighted by molar-refractivity contribution is -0.143. The summed E-state index contributed by atoms with van der Waals surface area (Å²) < 4.78 is 5.10. The van der Waals surface area contributed by atoms with Crippen molar-refractivity contribution in [2.24, 2.45) is 11.8 Å². The molecule has 5 rings (SSSR count). The number of phenolic OH excluding ortho intramolecular Hbond substituents is 2. The Balaban J connectivity index is 1.63. The van der Waals surface area contributed by atoms with Crippen molar-refractivity contribution >= 4 is 23.4 Å². The van der Waals surface area contributed by atoms with Gasteiger partial charge in [-0.2, -0.15) is 0 Å². The second-order valence-electron chi connectivity index (χ2n) is 9.37. The second-order valence-corrected chi connectivity index (χ2v) is 9.37. The Bertz CT molecular complexity index is 1230. The Kier molecular flexibility index (Phi) is 5.14. The molecule has 0 unspecified atom stereocenters. The fraction of sp³-hybridized carbons (Fsp3) is 0.400. The number of carbonyl (C=O) groups excluding carboxylic acids is 3. The van der Waals surface area contributed by atoms with E-state index in [9.17, 15) is 24.6 Å². The molecule has 0 aliphatic carbocycles. The number of phenols is 2. The number of aryl methyl sites for hydroxylation is 2. The molecular formula is C25H27N3O6. The van der Waals surface area contributed by atoms with Gasteiger partial charge in [-0.3, -0.25) is 24.6 Å². The third kappa shape index (κ3) is 3.04. The molecule has 34 heavy (non-hydrogen) atoms. The molecule has 2 aromatic carbocycles. The SMILES string of the molecule is COCCN1C(=O)[C@@H]2[C@H](Cc3ccc(O)c(O)c3)N[C@]3(C(=O)Nc4c(C)cc(C)cc43)[C@@H]2C1=O. The van der Waals surface area contributed by atoms with Gasteiger partial charge in [0.25, 0.3) is 0 Å². The van der Waals surface area contributed by atoms with Crippen molar-refractivity contribution in [2.75, 3.05) is 25.6 Å². The van der Waals surface area contributed by atoms with E-state index in [1.54, 1.807) is 6.07 Å². The third-order valence-electron chi connectivity index (χ3n) is 7.27. The van der Waals surface area contributed by atoms with Crippen molar-refractivity contribution in [1.29, 1.82) is 0 Å². The van der Waals surface area contributed by atoms with Gasteiger partial charge in [0, 0.05) is 24.4 Å². The molecule has 3 aliphatic heterocycles. The predicted molar refractivity (Wildman–Crippen MR) is 122 cm³/mol. The van der Waals surface area contributed by atoms with Crippen molar-refractivity contribution in [1.82, 2.24) is 10.2 Å². The van der Waals surface area contributed by atoms with Crippen LogP contribution < -0.4 is 10.6 Å². The smallest absolute Gasteiger partial charge is 0.250 e. The Morgan fingerprint density at radius 1 is 1.06 bits per heavy atom. The van der Waals surface area contributed by atoms with Crippen molar-refractivity contribution < 1.29 is 29.3 Å². The van der Waals surface area contributed by atoms with Gasteiger partial charge in [0.1, 0.15) is 5.54 Å². The molecule has 2 saturated heterocycles. The number of fused-ring (bicyclic) bond motifs is 4. The number of hydrogen-bond acceptors (Lipinski definition) is 7. The van der Waals surface area contributed by atoms with Crippen LogP contribution in [0.15, 0.2) is 30.3 Å². The van der Waals surface area contributed by atoms with E-state index >= 15 is 0 Å². The zero-order valence-corrected chi connectivity index (χ0v) is 19.2. The highest BCUT2D eigenvalue weighted by molar-refractivity contribution is 6.15. The lowest BCUT2D eigenvalue weighted by Gasteiger charge is -2.30. The maximum atomic E-state index is 13.6. The summed E-state index contributed by atoms with van der Waals surface area (Å²) in [4.78, 5) is 41.9. The number of imide groups is 1. The molecule has 2 fully saturated rings. The molecule has 2 aromatic rings. The first-order chi connectivity index (χ1) is 16.2. The molecule has 0 bridgehead atoms. The van der Waals surface area contributed by atoms with Gasteiger partial charge in [-0.1, -0.05) is 23.8 Å². The first kappa shape index (κ1) is 22.4. The molecule has 4 N–H and O–H groups in total. The van der Waals surface area contributed by atoms with Gasteiger partial charge >= 0.3 is 0 Å². The van der Waals surface area contributed by atoms with Gasteiger partial charge in [0.05, 0.1) is 25.0 Å². The topological polar surface area (TPSA) is 128 Å². The van der Waals surface area contributed by atoms with Crippen LogP contribution in [0.25, 0.3) is 0 Å². The van der Waals surface area contributed by atoms with Crippen LogP contribution in [0.2, 0.25) is 0 Å². The standard InChI is InChI=1S/C25H27N3O6/c1-12-8-13(2)21-15(9-12)25(24(33)26-21)20-19(22(31)28(23(20)32)6-7-34-3)16(27-25)10-14-4-5-17(29)18(30)11-14/h4-5,8-9,11,16,19-20,27,29-30H,6-7,10H2,1-3H3,(H,26,33)/t16-,19+,20-,25-/m0/s1. The number of ether oxygens (including phenoxy) is 1. The van der Waals surface area contributed by atoms with Crippen LogP contribution in [0.3, 0.4) is 0 Å². The van der Waals surface area contributed by atoms with E-state index in [-0.39, 0.29) is 42.9 Å². The summed E-state index contributed by atoms with van der Waals surface area (Å²) in [5.41, 5.74) is 2.47. The Morgan fingerprint density at radius 3 is 2.53 bits per heavy atom. The number of likely N-dealkylation sites (tertiary alicyclic amines) is 1. The number of nitrogens with one attached hydrogen (secondary N) is 2. The molecule has 1 spiro atoms. The number of amides is 3. The fourth-order valence-corrected chi connectivity index (χ4v) is 5.85. The zero-order valence-electron chi connectivity index (χ0n) is 19.2. The minimum absolute atomic E-state index is 0.116. The molecule has 9 nitrogen and oxygen atoms in total. The van der Waals surface area contributed by atoms with E-state index in [2.05, 4.69) is 10.6 Å². The monoisotopic (exact) mass is 465 g/mol. The molecule has 0 aromatic heterocycles. The Morgan fingerprint density at radius 2 is 1.82 bits per heavy atom. The van der Waals surface area contributed by atoms with E-state index < -0.39 is 29.3 Å². The largest absolute Gasteiger partial charge is 0.504 e. The van der Waals surface area contributed by atoms with Gasteiger partial charge in [0.2, 0.25) is 17.7 Å². The summed E-state index contributed by atoms with van der Waals surface area (Å²) >= 11 is 0. The molecule has 0 saturated carbocycles.